The zero-order valence-electron chi connectivity index (χ0n) is 16.9. The minimum Gasteiger partial charge on any atom is -0.482 e. The van der Waals surface area contributed by atoms with Crippen molar-refractivity contribution in [1.29, 1.82) is 0 Å². The van der Waals surface area contributed by atoms with Crippen molar-refractivity contribution in [2.24, 2.45) is 0 Å². The van der Waals surface area contributed by atoms with Gasteiger partial charge in [0.15, 0.2) is 6.61 Å². The summed E-state index contributed by atoms with van der Waals surface area (Å²) in [5, 5.41) is 0.812. The average Bonchev–Trinajstić information content (AvgIpc) is 2.77. The maximum absolute atomic E-state index is 12.1. The molecule has 1 aromatic heterocycles. The Morgan fingerprint density at radius 1 is 0.871 bits per heavy atom. The first kappa shape index (κ1) is 20.2. The van der Waals surface area contributed by atoms with E-state index >= 15 is 0 Å². The van der Waals surface area contributed by atoms with Gasteiger partial charge in [0.1, 0.15) is 29.4 Å². The monoisotopic (exact) mass is 416 g/mol. The van der Waals surface area contributed by atoms with Gasteiger partial charge in [-0.05, 0) is 54.4 Å². The van der Waals surface area contributed by atoms with Crippen LogP contribution in [0.5, 0.6) is 17.2 Å². The second kappa shape index (κ2) is 9.17. The van der Waals surface area contributed by atoms with E-state index in [-0.39, 0.29) is 13.2 Å². The molecular weight excluding hydrogens is 396 g/mol. The minimum absolute atomic E-state index is 0.0972. The normalized spacial score (nSPS) is 10.6. The van der Waals surface area contributed by atoms with Crippen LogP contribution in [0, 0.1) is 6.92 Å². The summed E-state index contributed by atoms with van der Waals surface area (Å²) in [6.07, 6.45) is 0. The van der Waals surface area contributed by atoms with Crippen molar-refractivity contribution in [3.05, 3.63) is 100 Å². The quantitative estimate of drug-likeness (QED) is 0.311. The van der Waals surface area contributed by atoms with Gasteiger partial charge in [0.25, 0.3) is 0 Å². The Balaban J connectivity index is 1.32. The molecule has 0 spiro atoms. The van der Waals surface area contributed by atoms with Gasteiger partial charge in [-0.1, -0.05) is 30.3 Å². The van der Waals surface area contributed by atoms with Gasteiger partial charge in [0.2, 0.25) is 0 Å². The molecule has 0 N–H and O–H groups in total. The summed E-state index contributed by atoms with van der Waals surface area (Å²) < 4.78 is 21.7. The topological polar surface area (TPSA) is 75.0 Å². The molecule has 0 amide bonds. The standard InChI is InChI=1S/C25H20O6/c1-17-12-24(26)31-23-14-20(10-11-22(17)23)28-16-25(27)29-15-18-6-5-9-21(13-18)30-19-7-3-2-4-8-19/h2-14H,15-16H2,1H3. The van der Waals surface area contributed by atoms with Crippen molar-refractivity contribution in [1.82, 2.24) is 0 Å². The molecular formula is C25H20O6. The van der Waals surface area contributed by atoms with Crippen LogP contribution < -0.4 is 15.1 Å². The fourth-order valence-corrected chi connectivity index (χ4v) is 3.07. The smallest absolute Gasteiger partial charge is 0.344 e. The van der Waals surface area contributed by atoms with E-state index in [2.05, 4.69) is 0 Å². The van der Waals surface area contributed by atoms with Crippen molar-refractivity contribution in [2.45, 2.75) is 13.5 Å². The van der Waals surface area contributed by atoms with Crippen LogP contribution in [-0.2, 0) is 16.1 Å². The maximum Gasteiger partial charge on any atom is 0.344 e. The van der Waals surface area contributed by atoms with E-state index in [9.17, 15) is 9.59 Å². The van der Waals surface area contributed by atoms with Crippen molar-refractivity contribution < 1.29 is 23.4 Å². The molecule has 0 fully saturated rings. The fourth-order valence-electron chi connectivity index (χ4n) is 3.07. The minimum atomic E-state index is -0.514. The number of aryl methyl sites for hydroxylation is 1. The number of hydrogen-bond acceptors (Lipinski definition) is 6. The van der Waals surface area contributed by atoms with Crippen LogP contribution in [0.4, 0.5) is 0 Å². The van der Waals surface area contributed by atoms with Crippen LogP contribution in [-0.4, -0.2) is 12.6 Å². The highest BCUT2D eigenvalue weighted by molar-refractivity contribution is 5.81. The highest BCUT2D eigenvalue weighted by Crippen LogP contribution is 2.23. The SMILES string of the molecule is Cc1cc(=O)oc2cc(OCC(=O)OCc3cccc(Oc4ccccc4)c3)ccc12. The zero-order valence-corrected chi connectivity index (χ0v) is 16.9. The lowest BCUT2D eigenvalue weighted by atomic mass is 10.1. The lowest BCUT2D eigenvalue weighted by molar-refractivity contribution is -0.147. The van der Waals surface area contributed by atoms with Gasteiger partial charge in [-0.15, -0.1) is 0 Å². The van der Waals surface area contributed by atoms with Crippen LogP contribution in [0.25, 0.3) is 11.0 Å². The Labute approximate surface area is 178 Å². The van der Waals surface area contributed by atoms with E-state index in [1.54, 1.807) is 18.2 Å². The van der Waals surface area contributed by atoms with Crippen LogP contribution in [0.1, 0.15) is 11.1 Å². The molecule has 0 saturated heterocycles. The first-order chi connectivity index (χ1) is 15.1. The average molecular weight is 416 g/mol. The Morgan fingerprint density at radius 3 is 2.52 bits per heavy atom. The number of ether oxygens (including phenoxy) is 3. The van der Waals surface area contributed by atoms with E-state index in [1.165, 1.54) is 6.07 Å². The predicted octanol–water partition coefficient (Wildman–Crippen LogP) is 5.02. The van der Waals surface area contributed by atoms with Crippen LogP contribution in [0.15, 0.2) is 88.1 Å². The highest BCUT2D eigenvalue weighted by atomic mass is 16.6. The third kappa shape index (κ3) is 5.30. The van der Waals surface area contributed by atoms with E-state index in [4.69, 9.17) is 18.6 Å². The molecule has 31 heavy (non-hydrogen) atoms. The van der Waals surface area contributed by atoms with Gasteiger partial charge in [0, 0.05) is 17.5 Å². The summed E-state index contributed by atoms with van der Waals surface area (Å²) in [6.45, 7) is 1.67. The molecule has 0 bridgehead atoms. The molecule has 0 unspecified atom stereocenters. The number of fused-ring (bicyclic) bond motifs is 1. The van der Waals surface area contributed by atoms with Crippen molar-refractivity contribution in [2.75, 3.05) is 6.61 Å². The molecule has 0 aliphatic carbocycles. The summed E-state index contributed by atoms with van der Waals surface area (Å²) in [5.74, 6) is 1.28. The molecule has 0 saturated carbocycles. The zero-order chi connectivity index (χ0) is 21.6. The number of hydrogen-bond donors (Lipinski definition) is 0. The van der Waals surface area contributed by atoms with E-state index in [1.807, 2.05) is 61.5 Å². The molecule has 1 heterocycles. The van der Waals surface area contributed by atoms with E-state index in [0.29, 0.717) is 17.1 Å². The third-order valence-corrected chi connectivity index (χ3v) is 4.56. The number of carbonyl (C=O) groups excluding carboxylic acids is 1. The molecule has 4 aromatic rings. The molecule has 4 rings (SSSR count). The predicted molar refractivity (Wildman–Crippen MR) is 115 cm³/mol. The Bertz CT molecular complexity index is 1260. The third-order valence-electron chi connectivity index (χ3n) is 4.56. The molecule has 3 aromatic carbocycles. The highest BCUT2D eigenvalue weighted by Gasteiger charge is 2.08. The number of para-hydroxylation sites is 1. The molecule has 156 valence electrons. The summed E-state index contributed by atoms with van der Waals surface area (Å²) in [7, 11) is 0. The van der Waals surface area contributed by atoms with Crippen LogP contribution in [0.3, 0.4) is 0 Å². The largest absolute Gasteiger partial charge is 0.482 e. The van der Waals surface area contributed by atoms with E-state index < -0.39 is 11.6 Å². The van der Waals surface area contributed by atoms with Gasteiger partial charge in [-0.2, -0.15) is 0 Å². The Morgan fingerprint density at radius 2 is 1.68 bits per heavy atom. The maximum atomic E-state index is 12.1. The van der Waals surface area contributed by atoms with Crippen LogP contribution in [0.2, 0.25) is 0 Å². The van der Waals surface area contributed by atoms with Crippen molar-refractivity contribution in [3.63, 3.8) is 0 Å². The second-order valence-electron chi connectivity index (χ2n) is 6.92. The van der Waals surface area contributed by atoms with Gasteiger partial charge < -0.3 is 18.6 Å². The van der Waals surface area contributed by atoms with Crippen molar-refractivity contribution in [3.8, 4) is 17.2 Å². The van der Waals surface area contributed by atoms with Gasteiger partial charge in [-0.25, -0.2) is 9.59 Å². The second-order valence-corrected chi connectivity index (χ2v) is 6.92. The molecule has 0 atom stereocenters. The molecule has 6 nitrogen and oxygen atoms in total. The molecule has 0 aliphatic heterocycles. The number of carbonyl (C=O) groups is 1. The lowest BCUT2D eigenvalue weighted by Crippen LogP contribution is -2.14. The van der Waals surface area contributed by atoms with E-state index in [0.717, 1.165) is 22.3 Å². The molecule has 6 heteroatoms. The van der Waals surface area contributed by atoms with Gasteiger partial charge in [0.05, 0.1) is 0 Å². The summed E-state index contributed by atoms with van der Waals surface area (Å²) in [4.78, 5) is 23.6. The molecule has 0 aliphatic rings. The first-order valence-corrected chi connectivity index (χ1v) is 9.71. The first-order valence-electron chi connectivity index (χ1n) is 9.71. The molecule has 0 radical (unpaired) electrons. The van der Waals surface area contributed by atoms with Crippen molar-refractivity contribution >= 4 is 16.9 Å². The number of rotatable bonds is 7. The number of esters is 1. The Hall–Kier alpha value is -4.06. The van der Waals surface area contributed by atoms with Gasteiger partial charge in [-0.3, -0.25) is 0 Å². The summed E-state index contributed by atoms with van der Waals surface area (Å²) >= 11 is 0. The van der Waals surface area contributed by atoms with Crippen LogP contribution >= 0.6 is 0 Å². The fraction of sp³-hybridized carbons (Fsp3) is 0.120. The summed E-state index contributed by atoms with van der Waals surface area (Å²) in [5.41, 5.74) is 1.59. The van der Waals surface area contributed by atoms with Gasteiger partial charge >= 0.3 is 11.6 Å². The lowest BCUT2D eigenvalue weighted by Gasteiger charge is -2.10. The Kier molecular flexibility index (Phi) is 5.98. The number of benzene rings is 3. The summed E-state index contributed by atoms with van der Waals surface area (Å²) in [6, 6.07) is 23.3.